The van der Waals surface area contributed by atoms with Crippen molar-refractivity contribution in [3.05, 3.63) is 0 Å². The van der Waals surface area contributed by atoms with Gasteiger partial charge in [-0.2, -0.15) is 0 Å². The average molecular weight is 161 g/mol. The molecule has 0 aromatic carbocycles. The third-order valence-electron chi connectivity index (χ3n) is 0.964. The van der Waals surface area contributed by atoms with Crippen LogP contribution in [-0.4, -0.2) is 30.8 Å². The number of hydrogen-bond acceptors (Lipinski definition) is 4. The largest absolute Gasteiger partial charge is 0.453 e. The molecule has 0 radical (unpaired) electrons. The van der Waals surface area contributed by atoms with E-state index in [1.807, 2.05) is 0 Å². The lowest BCUT2D eigenvalue weighted by Gasteiger charge is -2.01. The molecule has 0 rings (SSSR count). The third-order valence-corrected chi connectivity index (χ3v) is 0.964. The fourth-order valence-corrected chi connectivity index (χ4v) is 0.415. The molecule has 0 aromatic rings. The van der Waals surface area contributed by atoms with E-state index in [4.69, 9.17) is 10.9 Å². The van der Waals surface area contributed by atoms with Gasteiger partial charge in [0.15, 0.2) is 0 Å². The summed E-state index contributed by atoms with van der Waals surface area (Å²) in [4.78, 5) is 10.4. The van der Waals surface area contributed by atoms with Gasteiger partial charge in [0, 0.05) is 13.0 Å². The molecule has 0 saturated heterocycles. The maximum Gasteiger partial charge on any atom is 0.406 e. The quantitative estimate of drug-likeness (QED) is 0.224. The van der Waals surface area contributed by atoms with Crippen LogP contribution in [0.15, 0.2) is 5.16 Å². The Bertz CT molecular complexity index is 157. The van der Waals surface area contributed by atoms with E-state index in [1.54, 1.807) is 0 Å². The molecule has 6 nitrogen and oxygen atoms in total. The second kappa shape index (κ2) is 5.33. The lowest BCUT2D eigenvalue weighted by atomic mass is 10.4. The molecule has 6 heteroatoms. The number of methoxy groups -OCH3 is 1. The van der Waals surface area contributed by atoms with E-state index in [1.165, 1.54) is 7.11 Å². The molecule has 0 aromatic heterocycles. The summed E-state index contributed by atoms with van der Waals surface area (Å²) in [6.45, 7) is 0.294. The number of alkyl carbamates (subject to hydrolysis) is 1. The molecular weight excluding hydrogens is 150 g/mol. The van der Waals surface area contributed by atoms with Gasteiger partial charge < -0.3 is 21.0 Å². The summed E-state index contributed by atoms with van der Waals surface area (Å²) in [6.07, 6.45) is -0.235. The van der Waals surface area contributed by atoms with E-state index in [9.17, 15) is 4.79 Å². The number of carbonyl (C=O) groups is 1. The van der Waals surface area contributed by atoms with Crippen LogP contribution in [0, 0.1) is 0 Å². The molecule has 0 spiro atoms. The van der Waals surface area contributed by atoms with Crippen LogP contribution < -0.4 is 11.1 Å². The highest BCUT2D eigenvalue weighted by atomic mass is 16.5. The van der Waals surface area contributed by atoms with Crippen LogP contribution in [0.1, 0.15) is 6.42 Å². The van der Waals surface area contributed by atoms with Crippen LogP contribution in [0.4, 0.5) is 4.79 Å². The van der Waals surface area contributed by atoms with Crippen LogP contribution in [0.25, 0.3) is 0 Å². The molecule has 11 heavy (non-hydrogen) atoms. The molecule has 0 fully saturated rings. The lowest BCUT2D eigenvalue weighted by Crippen LogP contribution is -2.27. The van der Waals surface area contributed by atoms with Gasteiger partial charge in [-0.3, -0.25) is 0 Å². The van der Waals surface area contributed by atoms with Crippen molar-refractivity contribution in [2.75, 3.05) is 13.7 Å². The van der Waals surface area contributed by atoms with E-state index < -0.39 is 6.09 Å². The summed E-state index contributed by atoms with van der Waals surface area (Å²) in [6, 6.07) is 0. The van der Waals surface area contributed by atoms with Gasteiger partial charge in [0.2, 0.25) is 0 Å². The highest BCUT2D eigenvalue weighted by Gasteiger charge is 1.97. The average Bonchev–Trinajstić information content (AvgIpc) is 2.04. The monoisotopic (exact) mass is 161 g/mol. The summed E-state index contributed by atoms with van der Waals surface area (Å²) in [7, 11) is 1.26. The normalized spacial score (nSPS) is 10.8. The standard InChI is InChI=1S/C5H11N3O3/c1-11-5(9)7-3-2-4(6)8-10/h10H,2-3H2,1H3,(H2,6,8)(H,7,9). The van der Waals surface area contributed by atoms with E-state index in [0.717, 1.165) is 0 Å². The first-order valence-corrected chi connectivity index (χ1v) is 2.99. The van der Waals surface area contributed by atoms with Crippen LogP contribution in [0.2, 0.25) is 0 Å². The first kappa shape index (κ1) is 9.54. The molecule has 1 amide bonds. The van der Waals surface area contributed by atoms with E-state index in [-0.39, 0.29) is 5.84 Å². The van der Waals surface area contributed by atoms with Gasteiger partial charge in [-0.15, -0.1) is 0 Å². The summed E-state index contributed by atoms with van der Waals surface area (Å²) < 4.78 is 4.27. The van der Waals surface area contributed by atoms with Crippen LogP contribution >= 0.6 is 0 Å². The number of carbonyl (C=O) groups excluding carboxylic acids is 1. The second-order valence-corrected chi connectivity index (χ2v) is 1.76. The van der Waals surface area contributed by atoms with Gasteiger partial charge in [0.1, 0.15) is 5.84 Å². The van der Waals surface area contributed by atoms with Crippen LogP contribution in [0.3, 0.4) is 0 Å². The number of nitrogens with two attached hydrogens (primary N) is 1. The Hall–Kier alpha value is -1.46. The molecule has 0 unspecified atom stereocenters. The summed E-state index contributed by atoms with van der Waals surface area (Å²) >= 11 is 0. The van der Waals surface area contributed by atoms with E-state index in [2.05, 4.69) is 15.2 Å². The molecule has 0 atom stereocenters. The van der Waals surface area contributed by atoms with Gasteiger partial charge >= 0.3 is 6.09 Å². The Balaban J connectivity index is 3.35. The van der Waals surface area contributed by atoms with Gasteiger partial charge in [0.05, 0.1) is 7.11 Å². The second-order valence-electron chi connectivity index (χ2n) is 1.76. The van der Waals surface area contributed by atoms with Crippen molar-refractivity contribution in [2.45, 2.75) is 6.42 Å². The zero-order valence-electron chi connectivity index (χ0n) is 6.20. The Morgan fingerprint density at radius 1 is 1.82 bits per heavy atom. The van der Waals surface area contributed by atoms with Gasteiger partial charge in [0.25, 0.3) is 0 Å². The molecule has 0 saturated carbocycles. The summed E-state index contributed by atoms with van der Waals surface area (Å²) in [5.41, 5.74) is 5.11. The molecular formula is C5H11N3O3. The minimum atomic E-state index is -0.532. The Labute approximate surface area is 64.0 Å². The fraction of sp³-hybridized carbons (Fsp3) is 0.600. The van der Waals surface area contributed by atoms with Crippen molar-refractivity contribution in [1.29, 1.82) is 0 Å². The summed E-state index contributed by atoms with van der Waals surface area (Å²) in [5.74, 6) is 0.0707. The Morgan fingerprint density at radius 3 is 2.91 bits per heavy atom. The van der Waals surface area contributed by atoms with Gasteiger partial charge in [-0.25, -0.2) is 4.79 Å². The van der Waals surface area contributed by atoms with Crippen molar-refractivity contribution >= 4 is 11.9 Å². The predicted molar refractivity (Wildman–Crippen MR) is 38.4 cm³/mol. The molecule has 0 aliphatic rings. The minimum Gasteiger partial charge on any atom is -0.453 e. The third kappa shape index (κ3) is 5.01. The first-order valence-electron chi connectivity index (χ1n) is 2.99. The van der Waals surface area contributed by atoms with Crippen LogP contribution in [0.5, 0.6) is 0 Å². The Morgan fingerprint density at radius 2 is 2.45 bits per heavy atom. The van der Waals surface area contributed by atoms with Crippen molar-refractivity contribution in [1.82, 2.24) is 5.32 Å². The zero-order valence-corrected chi connectivity index (χ0v) is 6.20. The number of amidine groups is 1. The van der Waals surface area contributed by atoms with Gasteiger partial charge in [-0.1, -0.05) is 5.16 Å². The maximum absolute atomic E-state index is 10.4. The fourth-order valence-electron chi connectivity index (χ4n) is 0.415. The van der Waals surface area contributed by atoms with E-state index in [0.29, 0.717) is 13.0 Å². The highest BCUT2D eigenvalue weighted by molar-refractivity contribution is 5.80. The zero-order chi connectivity index (χ0) is 8.69. The minimum absolute atomic E-state index is 0.0707. The number of nitrogens with zero attached hydrogens (tertiary/aromatic N) is 1. The summed E-state index contributed by atoms with van der Waals surface area (Å²) in [5, 5.41) is 13.2. The van der Waals surface area contributed by atoms with Gasteiger partial charge in [-0.05, 0) is 0 Å². The molecule has 0 bridgehead atoms. The van der Waals surface area contributed by atoms with Crippen molar-refractivity contribution in [2.24, 2.45) is 10.9 Å². The number of nitrogens with one attached hydrogen (secondary N) is 1. The SMILES string of the molecule is COC(=O)NCCC(N)=NO. The molecule has 0 aliphatic heterocycles. The predicted octanol–water partition coefficient (Wildman–Crippen LogP) is -0.521. The number of oxime groups is 1. The van der Waals surface area contributed by atoms with E-state index >= 15 is 0 Å². The lowest BCUT2D eigenvalue weighted by molar-refractivity contribution is 0.171. The maximum atomic E-state index is 10.4. The number of rotatable bonds is 3. The molecule has 0 aliphatic carbocycles. The Kier molecular flexibility index (Phi) is 4.63. The number of hydrogen-bond donors (Lipinski definition) is 3. The first-order chi connectivity index (χ1) is 5.20. The molecule has 0 heterocycles. The molecule has 64 valence electrons. The molecule has 4 N–H and O–H groups in total. The topological polar surface area (TPSA) is 96.9 Å². The smallest absolute Gasteiger partial charge is 0.406 e. The van der Waals surface area contributed by atoms with Crippen LogP contribution in [-0.2, 0) is 4.74 Å². The van der Waals surface area contributed by atoms with Crippen molar-refractivity contribution in [3.63, 3.8) is 0 Å². The van der Waals surface area contributed by atoms with Crippen molar-refractivity contribution < 1.29 is 14.7 Å². The number of ether oxygens (including phenoxy) is 1. The van der Waals surface area contributed by atoms with Crippen molar-refractivity contribution in [3.8, 4) is 0 Å². The highest BCUT2D eigenvalue weighted by Crippen LogP contribution is 1.77. The number of amides is 1.